The molecule has 0 fully saturated rings. The summed E-state index contributed by atoms with van der Waals surface area (Å²) in [5.41, 5.74) is 0. The fraction of sp³-hybridized carbons (Fsp3) is 0.643. The monoisotopic (exact) mass is 283 g/mol. The van der Waals surface area contributed by atoms with Crippen LogP contribution in [0.25, 0.3) is 0 Å². The second-order valence-electron chi connectivity index (χ2n) is 4.36. The SMILES string of the molecule is CCOCCOCCCC(=O)CCN1C(=O)C=CC1=O. The molecule has 0 aromatic carbocycles. The average Bonchev–Trinajstić information content (AvgIpc) is 2.75. The Balaban J connectivity index is 2.01. The zero-order valence-electron chi connectivity index (χ0n) is 11.8. The third-order valence-electron chi connectivity index (χ3n) is 2.84. The summed E-state index contributed by atoms with van der Waals surface area (Å²) in [6.07, 6.45) is 3.69. The molecule has 0 spiro atoms. The molecule has 0 unspecified atom stereocenters. The maximum Gasteiger partial charge on any atom is 0.253 e. The summed E-state index contributed by atoms with van der Waals surface area (Å²) in [4.78, 5) is 35.2. The van der Waals surface area contributed by atoms with Crippen LogP contribution >= 0.6 is 0 Å². The van der Waals surface area contributed by atoms with E-state index in [1.165, 1.54) is 12.2 Å². The molecular weight excluding hydrogens is 262 g/mol. The Bertz CT molecular complexity index is 360. The van der Waals surface area contributed by atoms with Gasteiger partial charge in [-0.25, -0.2) is 0 Å². The molecule has 0 aliphatic carbocycles. The van der Waals surface area contributed by atoms with Gasteiger partial charge in [-0.3, -0.25) is 19.3 Å². The number of carbonyl (C=O) groups excluding carboxylic acids is 3. The van der Waals surface area contributed by atoms with Gasteiger partial charge in [0.15, 0.2) is 0 Å². The van der Waals surface area contributed by atoms with Crippen LogP contribution in [0.1, 0.15) is 26.2 Å². The van der Waals surface area contributed by atoms with Crippen molar-refractivity contribution >= 4 is 17.6 Å². The molecule has 0 saturated heterocycles. The van der Waals surface area contributed by atoms with Crippen molar-refractivity contribution in [3.8, 4) is 0 Å². The smallest absolute Gasteiger partial charge is 0.253 e. The van der Waals surface area contributed by atoms with Crippen molar-refractivity contribution < 1.29 is 23.9 Å². The molecular formula is C14H21NO5. The molecule has 0 N–H and O–H groups in total. The maximum absolute atomic E-state index is 11.6. The van der Waals surface area contributed by atoms with Crippen LogP contribution < -0.4 is 0 Å². The third kappa shape index (κ3) is 6.08. The molecule has 20 heavy (non-hydrogen) atoms. The molecule has 112 valence electrons. The first-order chi connectivity index (χ1) is 9.65. The Hall–Kier alpha value is -1.53. The van der Waals surface area contributed by atoms with Crippen molar-refractivity contribution in [3.05, 3.63) is 12.2 Å². The van der Waals surface area contributed by atoms with E-state index < -0.39 is 0 Å². The lowest BCUT2D eigenvalue weighted by molar-refractivity contribution is -0.137. The van der Waals surface area contributed by atoms with Crippen LogP contribution in [0.2, 0.25) is 0 Å². The first-order valence-corrected chi connectivity index (χ1v) is 6.86. The first-order valence-electron chi connectivity index (χ1n) is 6.86. The molecule has 1 heterocycles. The number of rotatable bonds is 11. The van der Waals surface area contributed by atoms with Crippen LogP contribution in [0.15, 0.2) is 12.2 Å². The van der Waals surface area contributed by atoms with E-state index >= 15 is 0 Å². The summed E-state index contributed by atoms with van der Waals surface area (Å²) in [5.74, 6) is -0.657. The minimum Gasteiger partial charge on any atom is -0.379 e. The standard InChI is InChI=1S/C14H21NO5/c1-2-19-10-11-20-9-3-4-12(16)7-8-15-13(17)5-6-14(15)18/h5-6H,2-4,7-11H2,1H3. The van der Waals surface area contributed by atoms with Gasteiger partial charge < -0.3 is 9.47 Å². The lowest BCUT2D eigenvalue weighted by atomic mass is 10.1. The summed E-state index contributed by atoms with van der Waals surface area (Å²) < 4.78 is 10.4. The van der Waals surface area contributed by atoms with Crippen molar-refractivity contribution in [3.63, 3.8) is 0 Å². The first kappa shape index (κ1) is 16.5. The number of ketones is 1. The zero-order chi connectivity index (χ0) is 14.8. The van der Waals surface area contributed by atoms with E-state index in [1.54, 1.807) is 0 Å². The van der Waals surface area contributed by atoms with E-state index in [-0.39, 0.29) is 30.6 Å². The van der Waals surface area contributed by atoms with E-state index in [0.29, 0.717) is 39.3 Å². The van der Waals surface area contributed by atoms with Crippen molar-refractivity contribution in [2.24, 2.45) is 0 Å². The van der Waals surface area contributed by atoms with Crippen LogP contribution in [0.5, 0.6) is 0 Å². The van der Waals surface area contributed by atoms with Gasteiger partial charge in [0, 0.05) is 44.8 Å². The molecule has 1 aliphatic rings. The molecule has 0 aromatic rings. The third-order valence-corrected chi connectivity index (χ3v) is 2.84. The normalized spacial score (nSPS) is 14.3. The second kappa shape index (κ2) is 9.39. The number of hydrogen-bond donors (Lipinski definition) is 0. The van der Waals surface area contributed by atoms with Crippen molar-refractivity contribution in [2.45, 2.75) is 26.2 Å². The maximum atomic E-state index is 11.6. The number of amides is 2. The lowest BCUT2D eigenvalue weighted by Gasteiger charge is -2.12. The molecule has 0 aromatic heterocycles. The zero-order valence-corrected chi connectivity index (χ0v) is 11.8. The second-order valence-corrected chi connectivity index (χ2v) is 4.36. The molecule has 6 nitrogen and oxygen atoms in total. The Kier molecular flexibility index (Phi) is 7.75. The van der Waals surface area contributed by atoms with E-state index in [9.17, 15) is 14.4 Å². The van der Waals surface area contributed by atoms with Crippen LogP contribution in [-0.4, -0.2) is 55.5 Å². The number of imide groups is 1. The minimum atomic E-state index is -0.345. The van der Waals surface area contributed by atoms with E-state index in [0.717, 1.165) is 4.90 Å². The number of hydrogen-bond acceptors (Lipinski definition) is 5. The van der Waals surface area contributed by atoms with Gasteiger partial charge in [-0.1, -0.05) is 0 Å². The van der Waals surface area contributed by atoms with Crippen LogP contribution in [0, 0.1) is 0 Å². The predicted octanol–water partition coefficient (Wildman–Crippen LogP) is 0.704. The fourth-order valence-corrected chi connectivity index (χ4v) is 1.75. The van der Waals surface area contributed by atoms with Crippen LogP contribution in [0.3, 0.4) is 0 Å². The highest BCUT2D eigenvalue weighted by molar-refractivity contribution is 6.13. The molecule has 1 aliphatic heterocycles. The summed E-state index contributed by atoms with van der Waals surface area (Å²) in [7, 11) is 0. The van der Waals surface area contributed by atoms with Gasteiger partial charge in [0.05, 0.1) is 13.2 Å². The van der Waals surface area contributed by atoms with E-state index in [2.05, 4.69) is 0 Å². The summed E-state index contributed by atoms with van der Waals surface area (Å²) in [5, 5.41) is 0. The molecule has 0 atom stereocenters. The highest BCUT2D eigenvalue weighted by Gasteiger charge is 2.23. The van der Waals surface area contributed by atoms with Crippen molar-refractivity contribution in [1.29, 1.82) is 0 Å². The van der Waals surface area contributed by atoms with Crippen molar-refractivity contribution in [1.82, 2.24) is 4.90 Å². The molecule has 0 bridgehead atoms. The number of nitrogens with zero attached hydrogens (tertiary/aromatic N) is 1. The van der Waals surface area contributed by atoms with Gasteiger partial charge in [0.1, 0.15) is 5.78 Å². The highest BCUT2D eigenvalue weighted by Crippen LogP contribution is 2.05. The molecule has 1 rings (SSSR count). The van der Waals surface area contributed by atoms with Gasteiger partial charge >= 0.3 is 0 Å². The Labute approximate surface area is 118 Å². The van der Waals surface area contributed by atoms with Gasteiger partial charge in [0.25, 0.3) is 11.8 Å². The molecule has 0 saturated carbocycles. The van der Waals surface area contributed by atoms with Gasteiger partial charge in [-0.2, -0.15) is 0 Å². The number of carbonyl (C=O) groups is 3. The Morgan fingerprint density at radius 1 is 1.05 bits per heavy atom. The largest absolute Gasteiger partial charge is 0.379 e. The molecule has 6 heteroatoms. The molecule has 2 amide bonds. The van der Waals surface area contributed by atoms with Gasteiger partial charge in [-0.15, -0.1) is 0 Å². The van der Waals surface area contributed by atoms with Crippen LogP contribution in [0.4, 0.5) is 0 Å². The minimum absolute atomic E-state index is 0.0332. The summed E-state index contributed by atoms with van der Waals surface area (Å²) in [6.45, 7) is 4.37. The van der Waals surface area contributed by atoms with Gasteiger partial charge in [0.2, 0.25) is 0 Å². The predicted molar refractivity (Wildman–Crippen MR) is 72.0 cm³/mol. The number of ether oxygens (including phenoxy) is 2. The fourth-order valence-electron chi connectivity index (χ4n) is 1.75. The van der Waals surface area contributed by atoms with Crippen molar-refractivity contribution in [2.75, 3.05) is 33.0 Å². The lowest BCUT2D eigenvalue weighted by Crippen LogP contribution is -2.32. The van der Waals surface area contributed by atoms with E-state index in [1.807, 2.05) is 6.92 Å². The topological polar surface area (TPSA) is 72.9 Å². The molecule has 0 radical (unpaired) electrons. The average molecular weight is 283 g/mol. The number of Topliss-reactive ketones (excluding diaryl/α,β-unsaturated/α-hetero) is 1. The Morgan fingerprint density at radius 2 is 1.70 bits per heavy atom. The van der Waals surface area contributed by atoms with Gasteiger partial charge in [-0.05, 0) is 13.3 Å². The quantitative estimate of drug-likeness (QED) is 0.412. The summed E-state index contributed by atoms with van der Waals surface area (Å²) >= 11 is 0. The Morgan fingerprint density at radius 3 is 2.35 bits per heavy atom. The van der Waals surface area contributed by atoms with E-state index in [4.69, 9.17) is 9.47 Å². The van der Waals surface area contributed by atoms with Crippen LogP contribution in [-0.2, 0) is 23.9 Å². The highest BCUT2D eigenvalue weighted by atomic mass is 16.5. The summed E-state index contributed by atoms with van der Waals surface area (Å²) in [6, 6.07) is 0.